The van der Waals surface area contributed by atoms with E-state index in [1.807, 2.05) is 20.8 Å². The summed E-state index contributed by atoms with van der Waals surface area (Å²) in [4.78, 5) is 10.4. The van der Waals surface area contributed by atoms with E-state index >= 15 is 0 Å². The van der Waals surface area contributed by atoms with Gasteiger partial charge in [-0.2, -0.15) is 0 Å². The van der Waals surface area contributed by atoms with Gasteiger partial charge in [0.15, 0.2) is 0 Å². The third-order valence-electron chi connectivity index (χ3n) is 1.08. The molecule has 0 saturated carbocycles. The molecular weight excluding hydrogens is 148 g/mol. The highest BCUT2D eigenvalue weighted by molar-refractivity contribution is 6.83. The minimum Gasteiger partial charge on any atom is -0.484 e. The largest absolute Gasteiger partial charge is 0.484 e. The van der Waals surface area contributed by atoms with Crippen LogP contribution in [0.4, 0.5) is 4.79 Å². The Bertz CT molecular complexity index is 114. The van der Waals surface area contributed by atoms with Crippen LogP contribution in [-0.4, -0.2) is 25.8 Å². The first-order valence-electron chi connectivity index (χ1n) is 3.46. The molecule has 4 heteroatoms. The molecule has 0 spiro atoms. The van der Waals surface area contributed by atoms with Crippen molar-refractivity contribution in [2.45, 2.75) is 32.9 Å². The van der Waals surface area contributed by atoms with Crippen molar-refractivity contribution >= 4 is 14.6 Å². The lowest BCUT2D eigenvalue weighted by Gasteiger charge is -2.12. The first-order valence-corrected chi connectivity index (χ1v) is 5.32. The highest BCUT2D eigenvalue weighted by Crippen LogP contribution is 1.99. The normalized spacial score (nSPS) is 13.6. The Morgan fingerprint density at radius 2 is 2.20 bits per heavy atom. The molecule has 1 atom stereocenters. The lowest BCUT2D eigenvalue weighted by atomic mass is 10.5. The highest BCUT2D eigenvalue weighted by Gasteiger charge is 2.19. The van der Waals surface area contributed by atoms with E-state index in [0.717, 1.165) is 0 Å². The van der Waals surface area contributed by atoms with Gasteiger partial charge in [0.25, 0.3) is 5.59 Å². The second kappa shape index (κ2) is 4.46. The molecule has 0 aliphatic carbocycles. The van der Waals surface area contributed by atoms with E-state index in [0.29, 0.717) is 6.04 Å². The molecule has 0 aliphatic rings. The second-order valence-electron chi connectivity index (χ2n) is 2.42. The number of carbonyl (C=O) groups is 1. The van der Waals surface area contributed by atoms with Crippen molar-refractivity contribution in [3.63, 3.8) is 0 Å². The van der Waals surface area contributed by atoms with Gasteiger partial charge < -0.3 is 9.53 Å². The predicted octanol–water partition coefficient (Wildman–Crippen LogP) is 1.41. The molecule has 3 nitrogen and oxygen atoms in total. The molecule has 60 valence electrons. The molecular formula is C6H14O3Si. The van der Waals surface area contributed by atoms with E-state index in [1.54, 1.807) is 0 Å². The molecule has 0 aromatic heterocycles. The maximum Gasteiger partial charge on any atom is 0.302 e. The molecule has 10 heavy (non-hydrogen) atoms. The monoisotopic (exact) mass is 162 g/mol. The number of carboxylic acid groups (broad SMARTS) is 1. The van der Waals surface area contributed by atoms with Crippen LogP contribution in [0.2, 0.25) is 6.04 Å². The van der Waals surface area contributed by atoms with Gasteiger partial charge in [0.05, 0.1) is 0 Å². The molecule has 1 N–H and O–H groups in total. The Morgan fingerprint density at radius 3 is 2.30 bits per heavy atom. The van der Waals surface area contributed by atoms with Crippen molar-refractivity contribution in [1.29, 1.82) is 0 Å². The van der Waals surface area contributed by atoms with Crippen molar-refractivity contribution in [2.24, 2.45) is 0 Å². The maximum absolute atomic E-state index is 10.4. The van der Waals surface area contributed by atoms with Crippen molar-refractivity contribution in [1.82, 2.24) is 0 Å². The molecule has 0 heterocycles. The van der Waals surface area contributed by atoms with E-state index in [2.05, 4.69) is 0 Å². The van der Waals surface area contributed by atoms with Crippen molar-refractivity contribution in [3.8, 4) is 0 Å². The number of hydrogen-bond acceptors (Lipinski definition) is 2. The van der Waals surface area contributed by atoms with Gasteiger partial charge in [-0.05, 0) is 19.9 Å². The van der Waals surface area contributed by atoms with Crippen LogP contribution in [0.1, 0.15) is 20.8 Å². The zero-order chi connectivity index (χ0) is 8.15. The number of hydrogen-bond donors (Lipinski definition) is 1. The standard InChI is InChI=1S/C6H14O3Si/c1-4-10(6(7)8)9-5(2)3/h5,10H,4H2,1-3H3,(H,7,8). The van der Waals surface area contributed by atoms with Crippen LogP contribution in [0.15, 0.2) is 0 Å². The van der Waals surface area contributed by atoms with E-state index in [4.69, 9.17) is 9.53 Å². The fraction of sp³-hybridized carbons (Fsp3) is 0.833. The summed E-state index contributed by atoms with van der Waals surface area (Å²) in [6.45, 7) is 5.57. The lowest BCUT2D eigenvalue weighted by molar-refractivity contribution is 0.197. The summed E-state index contributed by atoms with van der Waals surface area (Å²) < 4.78 is 5.20. The van der Waals surface area contributed by atoms with E-state index in [9.17, 15) is 4.79 Å². The summed E-state index contributed by atoms with van der Waals surface area (Å²) in [5.41, 5.74) is -0.740. The van der Waals surface area contributed by atoms with Gasteiger partial charge in [0, 0.05) is 6.10 Å². The molecule has 0 aromatic rings. The molecule has 1 unspecified atom stereocenters. The minimum atomic E-state index is -1.93. The topological polar surface area (TPSA) is 46.5 Å². The van der Waals surface area contributed by atoms with Crippen molar-refractivity contribution in [2.75, 3.05) is 0 Å². The van der Waals surface area contributed by atoms with E-state index in [-0.39, 0.29) is 6.10 Å². The van der Waals surface area contributed by atoms with Crippen LogP contribution in [0.5, 0.6) is 0 Å². The van der Waals surface area contributed by atoms with Crippen LogP contribution in [0, 0.1) is 0 Å². The maximum atomic E-state index is 10.4. The quantitative estimate of drug-likeness (QED) is 0.636. The first-order chi connectivity index (χ1) is 4.57. The van der Waals surface area contributed by atoms with Gasteiger partial charge in [0.2, 0.25) is 0 Å². The smallest absolute Gasteiger partial charge is 0.302 e. The molecule has 0 saturated heterocycles. The van der Waals surface area contributed by atoms with Crippen LogP contribution in [0.25, 0.3) is 0 Å². The average molecular weight is 162 g/mol. The Labute approximate surface area is 62.7 Å². The zero-order valence-corrected chi connectivity index (χ0v) is 7.78. The van der Waals surface area contributed by atoms with Gasteiger partial charge in [0.1, 0.15) is 0 Å². The Morgan fingerprint density at radius 1 is 1.70 bits per heavy atom. The fourth-order valence-electron chi connectivity index (χ4n) is 0.658. The van der Waals surface area contributed by atoms with Crippen LogP contribution >= 0.6 is 0 Å². The predicted molar refractivity (Wildman–Crippen MR) is 41.9 cm³/mol. The Hall–Kier alpha value is -0.353. The molecule has 0 amide bonds. The SMILES string of the molecule is CC[SiH](OC(C)C)C(=O)O. The molecule has 0 aromatic carbocycles. The van der Waals surface area contributed by atoms with Gasteiger partial charge in [-0.15, -0.1) is 0 Å². The summed E-state index contributed by atoms with van der Waals surface area (Å²) in [7, 11) is -1.93. The number of rotatable bonds is 4. The molecule has 0 rings (SSSR count). The van der Waals surface area contributed by atoms with Crippen LogP contribution in [0.3, 0.4) is 0 Å². The molecule has 0 radical (unpaired) electrons. The molecule has 0 fully saturated rings. The van der Waals surface area contributed by atoms with Crippen LogP contribution in [-0.2, 0) is 4.43 Å². The van der Waals surface area contributed by atoms with Gasteiger partial charge in [-0.3, -0.25) is 4.79 Å². The summed E-state index contributed by atoms with van der Waals surface area (Å²) in [5.74, 6) is 0. The summed E-state index contributed by atoms with van der Waals surface area (Å²) in [6, 6.07) is 0.660. The summed E-state index contributed by atoms with van der Waals surface area (Å²) in [6.07, 6.45) is 0.0488. The highest BCUT2D eigenvalue weighted by atomic mass is 28.3. The Kier molecular flexibility index (Phi) is 4.30. The average Bonchev–Trinajstić information content (AvgIpc) is 1.81. The van der Waals surface area contributed by atoms with Gasteiger partial charge in [-0.1, -0.05) is 6.92 Å². The second-order valence-corrected chi connectivity index (χ2v) is 4.98. The van der Waals surface area contributed by atoms with E-state index in [1.165, 1.54) is 0 Å². The third-order valence-corrected chi connectivity index (χ3v) is 3.25. The fourth-order valence-corrected chi connectivity index (χ4v) is 1.97. The van der Waals surface area contributed by atoms with Crippen molar-refractivity contribution in [3.05, 3.63) is 0 Å². The van der Waals surface area contributed by atoms with Gasteiger partial charge >= 0.3 is 9.04 Å². The summed E-state index contributed by atoms with van der Waals surface area (Å²) >= 11 is 0. The van der Waals surface area contributed by atoms with E-state index < -0.39 is 14.6 Å². The Balaban J connectivity index is 3.72. The summed E-state index contributed by atoms with van der Waals surface area (Å²) in [5, 5.41) is 8.56. The minimum absolute atomic E-state index is 0.0488. The first kappa shape index (κ1) is 9.65. The molecule has 0 aliphatic heterocycles. The zero-order valence-electron chi connectivity index (χ0n) is 6.63. The van der Waals surface area contributed by atoms with Crippen LogP contribution < -0.4 is 0 Å². The third kappa shape index (κ3) is 3.63. The molecule has 0 bridgehead atoms. The lowest BCUT2D eigenvalue weighted by Crippen LogP contribution is -2.30. The van der Waals surface area contributed by atoms with Crippen molar-refractivity contribution < 1.29 is 14.3 Å². The van der Waals surface area contributed by atoms with Gasteiger partial charge in [-0.25, -0.2) is 0 Å².